The number of carbonyl (C=O) groups is 3. The normalized spacial score (nSPS) is 10.8. The van der Waals surface area contributed by atoms with Gasteiger partial charge in [0, 0.05) is 25.6 Å². The zero-order valence-electron chi connectivity index (χ0n) is 31.7. The molecule has 7 N–H and O–H groups in total. The standard InChI is InChI=1S/C23H22N2O3.C22H23N3O3S/c1-28-23(27)25-20-9-5-8-18(15-20)21-12-10-17(16-6-3-2-4-7-16)14-19(21)11-13-22(24)26;1-24-29(27,28)25-20-9-5-8-18(15-20)21-12-10-17(16-6-3-2-4-7-16)14-19(21)11-13-22(23)26/h2-10,12,14-15H,11,13H2,1H3,(H2,24,26)(H,25,27);2-10,12,14-15,24-25H,11,13H2,1H3,(H2,23,26). The molecule has 12 heteroatoms. The first kappa shape index (κ1) is 41.4. The molecule has 0 atom stereocenters. The molecule has 3 amide bonds. The zero-order chi connectivity index (χ0) is 40.8. The van der Waals surface area contributed by atoms with Crippen molar-refractivity contribution in [2.45, 2.75) is 25.7 Å². The molecule has 0 saturated carbocycles. The molecule has 0 heterocycles. The summed E-state index contributed by atoms with van der Waals surface area (Å²) in [7, 11) is -0.940. The summed E-state index contributed by atoms with van der Waals surface area (Å²) in [6, 6.07) is 46.9. The molecule has 0 radical (unpaired) electrons. The number of anilines is 2. The fourth-order valence-corrected chi connectivity index (χ4v) is 6.73. The number of primary amides is 2. The zero-order valence-corrected chi connectivity index (χ0v) is 32.5. The van der Waals surface area contributed by atoms with Crippen molar-refractivity contribution < 1.29 is 27.5 Å². The summed E-state index contributed by atoms with van der Waals surface area (Å²) in [6.07, 6.45) is 1.02. The maximum atomic E-state index is 11.8. The summed E-state index contributed by atoms with van der Waals surface area (Å²) in [6.45, 7) is 0. The smallest absolute Gasteiger partial charge is 0.411 e. The summed E-state index contributed by atoms with van der Waals surface area (Å²) < 4.78 is 32.9. The number of nitrogens with one attached hydrogen (secondary N) is 3. The van der Waals surface area contributed by atoms with E-state index in [-0.39, 0.29) is 24.7 Å². The highest BCUT2D eigenvalue weighted by Gasteiger charge is 2.13. The van der Waals surface area contributed by atoms with Crippen LogP contribution in [0, 0.1) is 0 Å². The average molecular weight is 784 g/mol. The van der Waals surface area contributed by atoms with Crippen molar-refractivity contribution in [2.24, 2.45) is 11.5 Å². The van der Waals surface area contributed by atoms with Gasteiger partial charge < -0.3 is 16.2 Å². The van der Waals surface area contributed by atoms with Gasteiger partial charge in [-0.25, -0.2) is 9.52 Å². The van der Waals surface area contributed by atoms with Crippen LogP contribution in [-0.2, 0) is 37.4 Å². The summed E-state index contributed by atoms with van der Waals surface area (Å²) in [5.74, 6) is -0.700. The number of hydrogen-bond acceptors (Lipinski definition) is 6. The Balaban J connectivity index is 0.000000218. The third-order valence-corrected chi connectivity index (χ3v) is 10.0. The number of carbonyl (C=O) groups excluding carboxylic acids is 3. The van der Waals surface area contributed by atoms with E-state index >= 15 is 0 Å². The lowest BCUT2D eigenvalue weighted by Gasteiger charge is -2.14. The average Bonchev–Trinajstić information content (AvgIpc) is 3.22. The van der Waals surface area contributed by atoms with Crippen molar-refractivity contribution >= 4 is 39.5 Å². The third kappa shape index (κ3) is 12.1. The maximum absolute atomic E-state index is 11.8. The number of benzene rings is 6. The van der Waals surface area contributed by atoms with Crippen LogP contribution in [0.4, 0.5) is 16.2 Å². The van der Waals surface area contributed by atoms with Gasteiger partial charge in [-0.05, 0) is 92.7 Å². The molecule has 0 aliphatic heterocycles. The Morgan fingerprint density at radius 2 is 0.982 bits per heavy atom. The number of ether oxygens (including phenoxy) is 1. The SMILES string of the molecule is CNS(=O)(=O)Nc1cccc(-c2ccc(-c3ccccc3)cc2CCC(N)=O)c1.COC(=O)Nc1cccc(-c2ccc(-c3ccccc3)cc2CCC(N)=O)c1. The molecule has 6 rings (SSSR count). The molecule has 11 nitrogen and oxygen atoms in total. The largest absolute Gasteiger partial charge is 0.453 e. The van der Waals surface area contributed by atoms with Crippen molar-refractivity contribution in [3.05, 3.63) is 157 Å². The minimum absolute atomic E-state index is 0.233. The minimum atomic E-state index is -3.61. The van der Waals surface area contributed by atoms with Crippen molar-refractivity contribution in [3.8, 4) is 44.5 Å². The molecular weight excluding hydrogens is 739 g/mol. The Hall–Kier alpha value is -6.76. The van der Waals surface area contributed by atoms with Gasteiger partial charge in [-0.1, -0.05) is 121 Å². The molecule has 0 aliphatic rings. The van der Waals surface area contributed by atoms with Gasteiger partial charge in [0.25, 0.3) is 10.2 Å². The molecule has 292 valence electrons. The van der Waals surface area contributed by atoms with Crippen molar-refractivity contribution in [3.63, 3.8) is 0 Å². The lowest BCUT2D eigenvalue weighted by atomic mass is 9.92. The Labute approximate surface area is 333 Å². The van der Waals surface area contributed by atoms with Crippen molar-refractivity contribution in [1.82, 2.24) is 4.72 Å². The summed E-state index contributed by atoms with van der Waals surface area (Å²) in [5, 5.41) is 2.67. The fraction of sp³-hybridized carbons (Fsp3) is 0.133. The molecule has 0 spiro atoms. The first-order valence-electron chi connectivity index (χ1n) is 18.1. The molecule has 0 saturated heterocycles. The number of nitrogens with two attached hydrogens (primary N) is 2. The molecule has 0 aromatic heterocycles. The van der Waals surface area contributed by atoms with Crippen LogP contribution in [0.15, 0.2) is 146 Å². The van der Waals surface area contributed by atoms with Crippen LogP contribution >= 0.6 is 0 Å². The van der Waals surface area contributed by atoms with E-state index in [1.54, 1.807) is 24.3 Å². The van der Waals surface area contributed by atoms with Gasteiger partial charge in [0.2, 0.25) is 11.8 Å². The van der Waals surface area contributed by atoms with E-state index in [9.17, 15) is 22.8 Å². The van der Waals surface area contributed by atoms with E-state index in [1.807, 2.05) is 103 Å². The van der Waals surface area contributed by atoms with Crippen molar-refractivity contribution in [1.29, 1.82) is 0 Å². The lowest BCUT2D eigenvalue weighted by molar-refractivity contribution is -0.118. The number of hydrogen-bond donors (Lipinski definition) is 5. The molecular formula is C45H45N5O6S. The monoisotopic (exact) mass is 783 g/mol. The van der Waals surface area contributed by atoms with E-state index in [1.165, 1.54) is 14.2 Å². The van der Waals surface area contributed by atoms with E-state index in [0.29, 0.717) is 24.2 Å². The molecule has 0 fully saturated rings. The number of aryl methyl sites for hydroxylation is 2. The molecule has 0 unspecified atom stereocenters. The molecule has 0 aliphatic carbocycles. The van der Waals surface area contributed by atoms with Gasteiger partial charge in [0.1, 0.15) is 0 Å². The van der Waals surface area contributed by atoms with Crippen LogP contribution in [0.3, 0.4) is 0 Å². The summed E-state index contributed by atoms with van der Waals surface area (Å²) in [5.41, 5.74) is 21.8. The Kier molecular flexibility index (Phi) is 14.3. The first-order chi connectivity index (χ1) is 27.4. The predicted octanol–water partition coefficient (Wildman–Crippen LogP) is 7.93. The van der Waals surface area contributed by atoms with Crippen LogP contribution in [0.2, 0.25) is 0 Å². The Morgan fingerprint density at radius 1 is 0.544 bits per heavy atom. The first-order valence-corrected chi connectivity index (χ1v) is 19.6. The van der Waals surface area contributed by atoms with Crippen LogP contribution in [0.1, 0.15) is 24.0 Å². The Bertz CT molecular complexity index is 2440. The van der Waals surface area contributed by atoms with Gasteiger partial charge in [-0.3, -0.25) is 19.6 Å². The summed E-state index contributed by atoms with van der Waals surface area (Å²) >= 11 is 0. The van der Waals surface area contributed by atoms with E-state index in [2.05, 4.69) is 37.7 Å². The van der Waals surface area contributed by atoms with Crippen LogP contribution in [0.5, 0.6) is 0 Å². The maximum Gasteiger partial charge on any atom is 0.411 e. The number of amides is 3. The number of rotatable bonds is 14. The van der Waals surface area contributed by atoms with E-state index in [4.69, 9.17) is 11.5 Å². The highest BCUT2D eigenvalue weighted by Crippen LogP contribution is 2.33. The van der Waals surface area contributed by atoms with E-state index in [0.717, 1.165) is 55.6 Å². The van der Waals surface area contributed by atoms with Crippen LogP contribution < -0.4 is 26.2 Å². The van der Waals surface area contributed by atoms with Crippen LogP contribution in [-0.4, -0.2) is 40.5 Å². The second kappa shape index (κ2) is 19.7. The van der Waals surface area contributed by atoms with Gasteiger partial charge in [-0.2, -0.15) is 8.42 Å². The van der Waals surface area contributed by atoms with Gasteiger partial charge in [-0.15, -0.1) is 0 Å². The molecule has 0 bridgehead atoms. The number of methoxy groups -OCH3 is 1. The lowest BCUT2D eigenvalue weighted by Crippen LogP contribution is -2.26. The fourth-order valence-electron chi connectivity index (χ4n) is 6.19. The second-order valence-corrected chi connectivity index (χ2v) is 14.6. The molecule has 57 heavy (non-hydrogen) atoms. The Morgan fingerprint density at radius 3 is 1.42 bits per heavy atom. The van der Waals surface area contributed by atoms with Gasteiger partial charge in [0.15, 0.2) is 0 Å². The quantitative estimate of drug-likeness (QED) is 0.0748. The predicted molar refractivity (Wildman–Crippen MR) is 227 cm³/mol. The molecule has 6 aromatic carbocycles. The van der Waals surface area contributed by atoms with Crippen LogP contribution in [0.25, 0.3) is 44.5 Å². The van der Waals surface area contributed by atoms with Crippen molar-refractivity contribution in [2.75, 3.05) is 24.2 Å². The van der Waals surface area contributed by atoms with Gasteiger partial charge >= 0.3 is 6.09 Å². The van der Waals surface area contributed by atoms with Gasteiger partial charge in [0.05, 0.1) is 12.8 Å². The second-order valence-electron chi connectivity index (χ2n) is 13.0. The topological polar surface area (TPSA) is 183 Å². The molecule has 6 aromatic rings. The van der Waals surface area contributed by atoms with E-state index < -0.39 is 16.3 Å². The highest BCUT2D eigenvalue weighted by atomic mass is 32.2. The minimum Gasteiger partial charge on any atom is -0.453 e. The summed E-state index contributed by atoms with van der Waals surface area (Å²) in [4.78, 5) is 34.2. The third-order valence-electron chi connectivity index (χ3n) is 9.01. The highest BCUT2D eigenvalue weighted by molar-refractivity contribution is 7.90.